The smallest absolute Gasteiger partial charge is 0.381 e. The van der Waals surface area contributed by atoms with E-state index in [1.807, 2.05) is 0 Å². The minimum absolute atomic E-state index is 0.249. The molecule has 0 aliphatic heterocycles. The number of nitrogens with one attached hydrogen (secondary N) is 1. The zero-order chi connectivity index (χ0) is 15.6. The molecule has 0 aromatic heterocycles. The molecule has 2 unspecified atom stereocenters. The molecule has 2 rings (SSSR count). The van der Waals surface area contributed by atoms with E-state index in [2.05, 4.69) is 35.1 Å². The van der Waals surface area contributed by atoms with E-state index in [9.17, 15) is 13.2 Å². The molecule has 1 nitrogen and oxygen atoms in total. The third-order valence-corrected chi connectivity index (χ3v) is 5.00. The first-order valence-corrected chi connectivity index (χ1v) is 8.21. The summed E-state index contributed by atoms with van der Waals surface area (Å²) in [6.07, 6.45) is 0.209. The van der Waals surface area contributed by atoms with E-state index in [1.165, 1.54) is 18.6 Å². The Morgan fingerprint density at radius 3 is 2.48 bits per heavy atom. The highest BCUT2D eigenvalue weighted by Gasteiger charge is 2.32. The molecule has 1 N–H and O–H groups in total. The van der Waals surface area contributed by atoms with Crippen molar-refractivity contribution in [2.75, 3.05) is 5.32 Å². The van der Waals surface area contributed by atoms with Crippen LogP contribution in [0.25, 0.3) is 0 Å². The van der Waals surface area contributed by atoms with Crippen LogP contribution in [0.2, 0.25) is 0 Å². The zero-order valence-electron chi connectivity index (χ0n) is 12.3. The molecule has 1 aromatic carbocycles. The van der Waals surface area contributed by atoms with Crippen LogP contribution in [-0.4, -0.2) is 6.04 Å². The molecule has 1 aromatic rings. The summed E-state index contributed by atoms with van der Waals surface area (Å²) in [4.78, 5) is 0. The fourth-order valence-electron chi connectivity index (χ4n) is 3.15. The molecule has 21 heavy (non-hydrogen) atoms. The Morgan fingerprint density at radius 2 is 1.86 bits per heavy atom. The number of hydrogen-bond acceptors (Lipinski definition) is 1. The molecule has 0 spiro atoms. The van der Waals surface area contributed by atoms with Crippen LogP contribution in [0.4, 0.5) is 18.9 Å². The van der Waals surface area contributed by atoms with Gasteiger partial charge in [-0.05, 0) is 58.8 Å². The lowest BCUT2D eigenvalue weighted by Gasteiger charge is -2.36. The Morgan fingerprint density at radius 1 is 1.19 bits per heavy atom. The molecular formula is C16H21BrF3N. The summed E-state index contributed by atoms with van der Waals surface area (Å²) < 4.78 is 39.2. The summed E-state index contributed by atoms with van der Waals surface area (Å²) in [5, 5.41) is 3.35. The third-order valence-electron chi connectivity index (χ3n) is 4.31. The lowest BCUT2D eigenvalue weighted by atomic mass is 9.78. The summed E-state index contributed by atoms with van der Waals surface area (Å²) in [6.45, 7) is 4.37. The van der Waals surface area contributed by atoms with E-state index in [0.717, 1.165) is 25.3 Å². The van der Waals surface area contributed by atoms with Gasteiger partial charge >= 0.3 is 6.18 Å². The van der Waals surface area contributed by atoms with Crippen molar-refractivity contribution in [2.45, 2.75) is 51.7 Å². The first kappa shape index (κ1) is 16.7. The Balaban J connectivity index is 2.21. The van der Waals surface area contributed by atoms with Crippen LogP contribution in [0.1, 0.15) is 45.1 Å². The van der Waals surface area contributed by atoms with E-state index < -0.39 is 11.7 Å². The lowest BCUT2D eigenvalue weighted by Crippen LogP contribution is -2.35. The van der Waals surface area contributed by atoms with Gasteiger partial charge < -0.3 is 5.32 Å². The molecule has 2 atom stereocenters. The third kappa shape index (κ3) is 4.15. The van der Waals surface area contributed by atoms with E-state index in [0.29, 0.717) is 22.0 Å². The minimum atomic E-state index is -4.30. The van der Waals surface area contributed by atoms with Crippen molar-refractivity contribution in [2.24, 2.45) is 11.8 Å². The second-order valence-corrected chi connectivity index (χ2v) is 6.99. The summed E-state index contributed by atoms with van der Waals surface area (Å²) in [5.74, 6) is 1.05. The van der Waals surface area contributed by atoms with Gasteiger partial charge in [-0.2, -0.15) is 13.2 Å². The molecule has 118 valence electrons. The molecule has 0 saturated heterocycles. The summed E-state index contributed by atoms with van der Waals surface area (Å²) in [7, 11) is 0. The van der Waals surface area contributed by atoms with Gasteiger partial charge in [-0.3, -0.25) is 0 Å². The maximum absolute atomic E-state index is 12.8. The monoisotopic (exact) mass is 363 g/mol. The highest BCUT2D eigenvalue weighted by atomic mass is 79.9. The molecule has 1 fully saturated rings. The molecule has 0 radical (unpaired) electrons. The number of benzene rings is 1. The van der Waals surface area contributed by atoms with Crippen molar-refractivity contribution in [1.82, 2.24) is 0 Å². The second kappa shape index (κ2) is 6.59. The van der Waals surface area contributed by atoms with Gasteiger partial charge in [0.05, 0.1) is 5.56 Å². The van der Waals surface area contributed by atoms with Gasteiger partial charge in [0.2, 0.25) is 0 Å². The van der Waals surface area contributed by atoms with E-state index >= 15 is 0 Å². The molecule has 1 aliphatic carbocycles. The van der Waals surface area contributed by atoms with Gasteiger partial charge in [-0.25, -0.2) is 0 Å². The van der Waals surface area contributed by atoms with Crippen LogP contribution in [-0.2, 0) is 6.18 Å². The van der Waals surface area contributed by atoms with Crippen LogP contribution in [0.5, 0.6) is 0 Å². The van der Waals surface area contributed by atoms with Crippen molar-refractivity contribution in [3.05, 3.63) is 28.2 Å². The van der Waals surface area contributed by atoms with E-state index in [4.69, 9.17) is 0 Å². The predicted molar refractivity (Wildman–Crippen MR) is 83.4 cm³/mol. The number of alkyl halides is 3. The Kier molecular flexibility index (Phi) is 5.23. The molecule has 1 saturated carbocycles. The molecule has 0 heterocycles. The quantitative estimate of drug-likeness (QED) is 0.684. The molecule has 5 heteroatoms. The SMILES string of the molecule is CC(C)C1CCCCC1Nc1cc(C(F)(F)F)ccc1Br. The number of anilines is 1. The highest BCUT2D eigenvalue weighted by Crippen LogP contribution is 2.37. The molecule has 0 amide bonds. The first-order chi connectivity index (χ1) is 9.79. The average Bonchev–Trinajstić information content (AvgIpc) is 2.40. The standard InChI is InChI=1S/C16H21BrF3N/c1-10(2)12-5-3-4-6-14(12)21-15-9-11(16(18,19)20)7-8-13(15)17/h7-10,12,14,21H,3-6H2,1-2H3. The van der Waals surface area contributed by atoms with Crippen LogP contribution in [0.3, 0.4) is 0 Å². The van der Waals surface area contributed by atoms with Gasteiger partial charge in [-0.15, -0.1) is 0 Å². The van der Waals surface area contributed by atoms with Gasteiger partial charge in [0, 0.05) is 16.2 Å². The van der Waals surface area contributed by atoms with Crippen molar-refractivity contribution < 1.29 is 13.2 Å². The Labute approximate surface area is 132 Å². The maximum Gasteiger partial charge on any atom is 0.416 e. The van der Waals surface area contributed by atoms with Crippen LogP contribution in [0, 0.1) is 11.8 Å². The number of rotatable bonds is 3. The topological polar surface area (TPSA) is 12.0 Å². The predicted octanol–water partition coefficient (Wildman–Crippen LogP) is 6.09. The molecule has 0 bridgehead atoms. The summed E-state index contributed by atoms with van der Waals surface area (Å²) in [6, 6.07) is 4.03. The van der Waals surface area contributed by atoms with Gasteiger partial charge in [0.15, 0.2) is 0 Å². The van der Waals surface area contributed by atoms with E-state index in [1.54, 1.807) is 0 Å². The van der Waals surface area contributed by atoms with Crippen LogP contribution in [0.15, 0.2) is 22.7 Å². The number of halogens is 4. The Bertz CT molecular complexity index is 485. The fraction of sp³-hybridized carbons (Fsp3) is 0.625. The maximum atomic E-state index is 12.8. The normalized spacial score (nSPS) is 23.4. The van der Waals surface area contributed by atoms with Gasteiger partial charge in [0.25, 0.3) is 0 Å². The van der Waals surface area contributed by atoms with E-state index in [-0.39, 0.29) is 6.04 Å². The van der Waals surface area contributed by atoms with Crippen LogP contribution < -0.4 is 5.32 Å². The minimum Gasteiger partial charge on any atom is -0.381 e. The van der Waals surface area contributed by atoms with Crippen LogP contribution >= 0.6 is 15.9 Å². The largest absolute Gasteiger partial charge is 0.416 e. The fourth-order valence-corrected chi connectivity index (χ4v) is 3.51. The van der Waals surface area contributed by atoms with Crippen molar-refractivity contribution in [3.8, 4) is 0 Å². The van der Waals surface area contributed by atoms with Crippen molar-refractivity contribution >= 4 is 21.6 Å². The average molecular weight is 364 g/mol. The summed E-state index contributed by atoms with van der Waals surface area (Å²) >= 11 is 3.35. The van der Waals surface area contributed by atoms with Gasteiger partial charge in [-0.1, -0.05) is 26.7 Å². The van der Waals surface area contributed by atoms with Crippen molar-refractivity contribution in [3.63, 3.8) is 0 Å². The molecular weight excluding hydrogens is 343 g/mol. The Hall–Kier alpha value is -0.710. The van der Waals surface area contributed by atoms with Gasteiger partial charge in [0.1, 0.15) is 0 Å². The first-order valence-electron chi connectivity index (χ1n) is 7.42. The molecule has 1 aliphatic rings. The van der Waals surface area contributed by atoms with Crippen molar-refractivity contribution in [1.29, 1.82) is 0 Å². The highest BCUT2D eigenvalue weighted by molar-refractivity contribution is 9.10. The number of hydrogen-bond donors (Lipinski definition) is 1. The zero-order valence-corrected chi connectivity index (χ0v) is 13.9. The second-order valence-electron chi connectivity index (χ2n) is 6.14. The lowest BCUT2D eigenvalue weighted by molar-refractivity contribution is -0.137. The summed E-state index contributed by atoms with van der Waals surface area (Å²) in [5.41, 5.74) is -0.0625.